The Kier molecular flexibility index (Phi) is 2.34. The van der Waals surface area contributed by atoms with Crippen molar-refractivity contribution in [2.24, 2.45) is 5.92 Å². The van der Waals surface area contributed by atoms with E-state index in [4.69, 9.17) is 0 Å². The van der Waals surface area contributed by atoms with Crippen LogP contribution in [0.1, 0.15) is 11.1 Å². The van der Waals surface area contributed by atoms with Crippen LogP contribution in [0.2, 0.25) is 0 Å². The maximum Gasteiger partial charge on any atom is 0.0207 e. The van der Waals surface area contributed by atoms with E-state index in [1.54, 1.807) is 0 Å². The quantitative estimate of drug-likeness (QED) is 0.653. The van der Waals surface area contributed by atoms with Crippen LogP contribution < -0.4 is 0 Å². The van der Waals surface area contributed by atoms with Gasteiger partial charge in [0.05, 0.1) is 0 Å². The van der Waals surface area contributed by atoms with Crippen molar-refractivity contribution >= 4 is 5.57 Å². The third-order valence-corrected chi connectivity index (χ3v) is 3.20. The van der Waals surface area contributed by atoms with Gasteiger partial charge in [-0.15, -0.1) is 0 Å². The summed E-state index contributed by atoms with van der Waals surface area (Å²) in [5.74, 6) is 0.429. The van der Waals surface area contributed by atoms with Gasteiger partial charge >= 0.3 is 0 Å². The number of hydrogen-bond acceptors (Lipinski definition) is 0. The van der Waals surface area contributed by atoms with Crippen LogP contribution in [0, 0.1) is 5.92 Å². The topological polar surface area (TPSA) is 0 Å². The van der Waals surface area contributed by atoms with Crippen molar-refractivity contribution in [1.82, 2.24) is 0 Å². The molecule has 0 heterocycles. The molecule has 78 valence electrons. The molecule has 0 radical (unpaired) electrons. The van der Waals surface area contributed by atoms with Crippen molar-refractivity contribution in [2.45, 2.75) is 6.42 Å². The first kappa shape index (κ1) is 9.41. The minimum atomic E-state index is 0.429. The maximum absolute atomic E-state index is 2.36. The number of hydrogen-bond donors (Lipinski definition) is 0. The predicted octanol–water partition coefficient (Wildman–Crippen LogP) is 3.92. The average molecular weight is 206 g/mol. The summed E-state index contributed by atoms with van der Waals surface area (Å²) in [6.45, 7) is 0. The number of benzene rings is 1. The molecule has 0 nitrogen and oxygen atoms in total. The molecule has 1 aromatic carbocycles. The molecule has 0 amide bonds. The van der Waals surface area contributed by atoms with Gasteiger partial charge in [0.1, 0.15) is 0 Å². The van der Waals surface area contributed by atoms with E-state index in [-0.39, 0.29) is 0 Å². The second kappa shape index (κ2) is 3.97. The van der Waals surface area contributed by atoms with E-state index in [1.165, 1.54) is 16.7 Å². The lowest BCUT2D eigenvalue weighted by molar-refractivity contribution is 1.10. The van der Waals surface area contributed by atoms with E-state index in [2.05, 4.69) is 66.8 Å². The number of allylic oxidation sites excluding steroid dienone is 8. The van der Waals surface area contributed by atoms with Crippen LogP contribution in [0.25, 0.3) is 5.57 Å². The second-order valence-electron chi connectivity index (χ2n) is 4.20. The SMILES string of the molecule is C1=CC=CC(C2=CCc3ccccc32)C=C1. The Morgan fingerprint density at radius 1 is 0.875 bits per heavy atom. The van der Waals surface area contributed by atoms with Gasteiger partial charge in [0.25, 0.3) is 0 Å². The highest BCUT2D eigenvalue weighted by molar-refractivity contribution is 5.77. The Morgan fingerprint density at radius 2 is 1.62 bits per heavy atom. The molecule has 2 aliphatic rings. The second-order valence-corrected chi connectivity index (χ2v) is 4.20. The molecule has 0 bridgehead atoms. The summed E-state index contributed by atoms with van der Waals surface area (Å²) in [5, 5.41) is 0. The number of rotatable bonds is 1. The lowest BCUT2D eigenvalue weighted by Gasteiger charge is -2.11. The molecule has 0 aromatic heterocycles. The fourth-order valence-electron chi connectivity index (χ4n) is 2.39. The van der Waals surface area contributed by atoms with Crippen molar-refractivity contribution in [3.05, 3.63) is 77.9 Å². The highest BCUT2D eigenvalue weighted by atomic mass is 14.2. The van der Waals surface area contributed by atoms with Crippen LogP contribution >= 0.6 is 0 Å². The van der Waals surface area contributed by atoms with Crippen molar-refractivity contribution in [1.29, 1.82) is 0 Å². The largest absolute Gasteiger partial charge is 0.0754 e. The van der Waals surface area contributed by atoms with E-state index in [9.17, 15) is 0 Å². The normalized spacial score (nSPS) is 18.4. The summed E-state index contributed by atoms with van der Waals surface area (Å²) in [7, 11) is 0. The molecular weight excluding hydrogens is 192 g/mol. The zero-order valence-electron chi connectivity index (χ0n) is 9.14. The Balaban J connectivity index is 1.98. The highest BCUT2D eigenvalue weighted by Gasteiger charge is 2.18. The van der Waals surface area contributed by atoms with E-state index >= 15 is 0 Å². The van der Waals surface area contributed by atoms with E-state index in [0.29, 0.717) is 5.92 Å². The number of fused-ring (bicyclic) bond motifs is 1. The molecule has 0 unspecified atom stereocenters. The summed E-state index contributed by atoms with van der Waals surface area (Å²) in [6, 6.07) is 8.70. The molecule has 0 atom stereocenters. The standard InChI is InChI=1S/C16H14/c1-2-4-8-13(7-3-1)16-12-11-14-9-5-6-10-15(14)16/h1-10,12-13H,11H2. The first-order valence-electron chi connectivity index (χ1n) is 5.75. The summed E-state index contributed by atoms with van der Waals surface area (Å²) < 4.78 is 0. The fraction of sp³-hybridized carbons (Fsp3) is 0.125. The first-order chi connectivity index (χ1) is 7.95. The predicted molar refractivity (Wildman–Crippen MR) is 69.0 cm³/mol. The molecule has 16 heavy (non-hydrogen) atoms. The summed E-state index contributed by atoms with van der Waals surface area (Å²) in [6.07, 6.45) is 16.4. The molecule has 2 aliphatic carbocycles. The third-order valence-electron chi connectivity index (χ3n) is 3.20. The molecule has 1 aromatic rings. The van der Waals surface area contributed by atoms with Crippen molar-refractivity contribution in [2.75, 3.05) is 0 Å². The first-order valence-corrected chi connectivity index (χ1v) is 5.75. The minimum absolute atomic E-state index is 0.429. The van der Waals surface area contributed by atoms with E-state index < -0.39 is 0 Å². The van der Waals surface area contributed by atoms with E-state index in [1.807, 2.05) is 0 Å². The molecule has 0 heteroatoms. The van der Waals surface area contributed by atoms with Gasteiger partial charge in [-0.1, -0.05) is 66.8 Å². The molecule has 0 saturated carbocycles. The zero-order valence-corrected chi connectivity index (χ0v) is 9.14. The lowest BCUT2D eigenvalue weighted by atomic mass is 9.93. The van der Waals surface area contributed by atoms with Gasteiger partial charge in [0.2, 0.25) is 0 Å². The molecule has 3 rings (SSSR count). The van der Waals surface area contributed by atoms with Gasteiger partial charge in [0, 0.05) is 5.92 Å². The maximum atomic E-state index is 2.36. The summed E-state index contributed by atoms with van der Waals surface area (Å²) >= 11 is 0. The van der Waals surface area contributed by atoms with E-state index in [0.717, 1.165) is 6.42 Å². The summed E-state index contributed by atoms with van der Waals surface area (Å²) in [4.78, 5) is 0. The minimum Gasteiger partial charge on any atom is -0.0754 e. The third kappa shape index (κ3) is 1.57. The van der Waals surface area contributed by atoms with Crippen molar-refractivity contribution in [3.63, 3.8) is 0 Å². The highest BCUT2D eigenvalue weighted by Crippen LogP contribution is 2.34. The van der Waals surface area contributed by atoms with Crippen LogP contribution in [0.4, 0.5) is 0 Å². The molecular formula is C16H14. The zero-order chi connectivity index (χ0) is 10.8. The fourth-order valence-corrected chi connectivity index (χ4v) is 2.39. The van der Waals surface area contributed by atoms with Crippen LogP contribution in [-0.4, -0.2) is 0 Å². The lowest BCUT2D eigenvalue weighted by Crippen LogP contribution is -1.95. The molecule has 0 fully saturated rings. The Bertz CT molecular complexity index is 497. The van der Waals surface area contributed by atoms with Gasteiger partial charge in [-0.25, -0.2) is 0 Å². The van der Waals surface area contributed by atoms with Crippen molar-refractivity contribution in [3.8, 4) is 0 Å². The molecule has 0 spiro atoms. The van der Waals surface area contributed by atoms with Gasteiger partial charge in [-0.05, 0) is 23.1 Å². The molecule has 0 aliphatic heterocycles. The van der Waals surface area contributed by atoms with Crippen LogP contribution in [0.5, 0.6) is 0 Å². The smallest absolute Gasteiger partial charge is 0.0207 e. The Hall–Kier alpha value is -1.82. The van der Waals surface area contributed by atoms with Gasteiger partial charge in [-0.3, -0.25) is 0 Å². The van der Waals surface area contributed by atoms with Gasteiger partial charge in [0.15, 0.2) is 0 Å². The Morgan fingerprint density at radius 3 is 2.44 bits per heavy atom. The molecule has 0 N–H and O–H groups in total. The Labute approximate surface area is 96.3 Å². The van der Waals surface area contributed by atoms with Crippen LogP contribution in [0.3, 0.4) is 0 Å². The van der Waals surface area contributed by atoms with Crippen molar-refractivity contribution < 1.29 is 0 Å². The molecule has 0 saturated heterocycles. The van der Waals surface area contributed by atoms with Gasteiger partial charge in [-0.2, -0.15) is 0 Å². The van der Waals surface area contributed by atoms with Crippen LogP contribution in [0.15, 0.2) is 66.8 Å². The van der Waals surface area contributed by atoms with Gasteiger partial charge < -0.3 is 0 Å². The van der Waals surface area contributed by atoms with Crippen LogP contribution in [-0.2, 0) is 6.42 Å². The average Bonchev–Trinajstić information content (AvgIpc) is 2.57. The monoisotopic (exact) mass is 206 g/mol. The summed E-state index contributed by atoms with van der Waals surface area (Å²) in [5.41, 5.74) is 4.33.